The molecule has 0 saturated heterocycles. The summed E-state index contributed by atoms with van der Waals surface area (Å²) in [6, 6.07) is 0. The van der Waals surface area contributed by atoms with Crippen molar-refractivity contribution in [2.24, 2.45) is 5.41 Å². The minimum atomic E-state index is 0.540. The van der Waals surface area contributed by atoms with Gasteiger partial charge in [0.05, 0.1) is 5.01 Å². The van der Waals surface area contributed by atoms with E-state index in [-0.39, 0.29) is 0 Å². The molecule has 1 heterocycles. The number of hydrogen-bond acceptors (Lipinski definition) is 2. The van der Waals surface area contributed by atoms with Crippen LogP contribution in [0.3, 0.4) is 0 Å². The van der Waals surface area contributed by atoms with Crippen LogP contribution in [0, 0.1) is 5.41 Å². The molecular weight excluding hydrogens is 234 g/mol. The Morgan fingerprint density at radius 1 is 1.75 bits per heavy atom. The van der Waals surface area contributed by atoms with Crippen LogP contribution < -0.4 is 0 Å². The van der Waals surface area contributed by atoms with E-state index in [0.29, 0.717) is 10.2 Å². The van der Waals surface area contributed by atoms with Gasteiger partial charge in [-0.1, -0.05) is 22.9 Å². The molecule has 1 unspecified atom stereocenters. The third kappa shape index (κ3) is 1.57. The Labute approximate surface area is 85.3 Å². The third-order valence-electron chi connectivity index (χ3n) is 2.72. The topological polar surface area (TPSA) is 12.9 Å². The number of hydrogen-bond donors (Lipinski definition) is 0. The van der Waals surface area contributed by atoms with E-state index in [1.807, 2.05) is 6.20 Å². The van der Waals surface area contributed by atoms with Gasteiger partial charge in [0.15, 0.2) is 0 Å². The van der Waals surface area contributed by atoms with Crippen molar-refractivity contribution < 1.29 is 0 Å². The van der Waals surface area contributed by atoms with E-state index >= 15 is 0 Å². The van der Waals surface area contributed by atoms with Crippen molar-refractivity contribution in [3.05, 3.63) is 16.6 Å². The number of rotatable bonds is 3. The van der Waals surface area contributed by atoms with E-state index in [1.54, 1.807) is 11.3 Å². The molecule has 0 aromatic carbocycles. The Morgan fingerprint density at radius 2 is 2.50 bits per heavy atom. The number of aromatic nitrogens is 1. The minimum Gasteiger partial charge on any atom is -0.250 e. The monoisotopic (exact) mass is 245 g/mol. The van der Waals surface area contributed by atoms with Crippen LogP contribution in [0.1, 0.15) is 24.8 Å². The van der Waals surface area contributed by atoms with Gasteiger partial charge < -0.3 is 0 Å². The molecule has 0 radical (unpaired) electrons. The Kier molecular flexibility index (Phi) is 2.25. The zero-order valence-electron chi connectivity index (χ0n) is 7.09. The molecule has 0 amide bonds. The van der Waals surface area contributed by atoms with Crippen LogP contribution in [0.25, 0.3) is 0 Å². The fourth-order valence-electron chi connectivity index (χ4n) is 1.52. The molecule has 2 rings (SSSR count). The molecule has 1 aromatic rings. The van der Waals surface area contributed by atoms with Gasteiger partial charge in [-0.3, -0.25) is 0 Å². The van der Waals surface area contributed by atoms with Crippen molar-refractivity contribution >= 4 is 27.3 Å². The van der Waals surface area contributed by atoms with Crippen LogP contribution in [-0.4, -0.2) is 9.81 Å². The largest absolute Gasteiger partial charge is 0.250 e. The number of nitrogens with zero attached hydrogens (tertiary/aromatic N) is 1. The highest BCUT2D eigenvalue weighted by Gasteiger charge is 2.46. The van der Waals surface area contributed by atoms with Gasteiger partial charge in [0.2, 0.25) is 0 Å². The Morgan fingerprint density at radius 3 is 2.92 bits per heavy atom. The second-order valence-electron chi connectivity index (χ2n) is 3.58. The first-order chi connectivity index (χ1) is 5.73. The molecule has 0 spiro atoms. The van der Waals surface area contributed by atoms with Crippen LogP contribution in [-0.2, 0) is 6.42 Å². The Hall–Kier alpha value is 0.110. The van der Waals surface area contributed by atoms with Gasteiger partial charge in [-0.2, -0.15) is 0 Å². The highest BCUT2D eigenvalue weighted by atomic mass is 79.9. The van der Waals surface area contributed by atoms with Crippen molar-refractivity contribution in [1.29, 1.82) is 0 Å². The maximum Gasteiger partial charge on any atom is 0.0930 e. The van der Waals surface area contributed by atoms with Crippen molar-refractivity contribution in [3.63, 3.8) is 0 Å². The summed E-state index contributed by atoms with van der Waals surface area (Å²) in [7, 11) is 0. The number of alkyl halides is 1. The molecule has 1 aliphatic carbocycles. The quantitative estimate of drug-likeness (QED) is 0.746. The van der Waals surface area contributed by atoms with E-state index in [2.05, 4.69) is 33.2 Å². The normalized spacial score (nSPS) is 22.2. The molecule has 1 aromatic heterocycles. The molecule has 3 heteroatoms. The van der Waals surface area contributed by atoms with Gasteiger partial charge in [-0.05, 0) is 18.3 Å². The summed E-state index contributed by atoms with van der Waals surface area (Å²) in [6.45, 7) is 2.25. The van der Waals surface area contributed by atoms with Gasteiger partial charge in [0.25, 0.3) is 0 Å². The molecule has 66 valence electrons. The lowest BCUT2D eigenvalue weighted by atomic mass is 10.00. The summed E-state index contributed by atoms with van der Waals surface area (Å²) in [5, 5.41) is 3.35. The fourth-order valence-corrected chi connectivity index (χ4v) is 2.91. The van der Waals surface area contributed by atoms with Gasteiger partial charge in [-0.15, -0.1) is 11.3 Å². The first-order valence-electron chi connectivity index (χ1n) is 4.25. The zero-order chi connectivity index (χ0) is 8.60. The molecule has 1 fully saturated rings. The van der Waals surface area contributed by atoms with Crippen molar-refractivity contribution in [2.75, 3.05) is 0 Å². The maximum atomic E-state index is 4.32. The molecule has 1 saturated carbocycles. The average molecular weight is 246 g/mol. The van der Waals surface area contributed by atoms with Crippen LogP contribution in [0.4, 0.5) is 0 Å². The van der Waals surface area contributed by atoms with Crippen LogP contribution in [0.15, 0.2) is 11.6 Å². The molecule has 0 bridgehead atoms. The molecule has 0 aliphatic heterocycles. The highest BCUT2D eigenvalue weighted by molar-refractivity contribution is 9.09. The first-order valence-corrected chi connectivity index (χ1v) is 6.05. The van der Waals surface area contributed by atoms with E-state index in [1.165, 1.54) is 17.8 Å². The predicted octanol–water partition coefficient (Wildman–Crippen LogP) is 3.25. The summed E-state index contributed by atoms with van der Waals surface area (Å²) < 4.78 is 0. The second-order valence-corrected chi connectivity index (χ2v) is 5.93. The van der Waals surface area contributed by atoms with E-state index < -0.39 is 0 Å². The molecule has 0 N–H and O–H groups in total. The third-order valence-corrected chi connectivity index (χ3v) is 4.47. The van der Waals surface area contributed by atoms with Gasteiger partial charge >= 0.3 is 0 Å². The van der Waals surface area contributed by atoms with Gasteiger partial charge in [-0.25, -0.2) is 4.98 Å². The molecule has 1 atom stereocenters. The zero-order valence-corrected chi connectivity index (χ0v) is 9.49. The van der Waals surface area contributed by atoms with E-state index in [9.17, 15) is 0 Å². The molecule has 1 aliphatic rings. The van der Waals surface area contributed by atoms with Crippen molar-refractivity contribution in [2.45, 2.75) is 31.0 Å². The molecular formula is C9H12BrNS. The van der Waals surface area contributed by atoms with Crippen LogP contribution in [0.5, 0.6) is 0 Å². The molecule has 1 nitrogen and oxygen atoms in total. The Balaban J connectivity index is 2.04. The smallest absolute Gasteiger partial charge is 0.0930 e. The SMILES string of the molecule is CC(Br)C1(Cc2nccs2)CC1. The standard InChI is InChI=1S/C9H12BrNS/c1-7(10)9(2-3-9)6-8-11-4-5-12-8/h4-5,7H,2-3,6H2,1H3. The summed E-state index contributed by atoms with van der Waals surface area (Å²) in [5.74, 6) is 0. The fraction of sp³-hybridized carbons (Fsp3) is 0.667. The highest BCUT2D eigenvalue weighted by Crippen LogP contribution is 2.53. The lowest BCUT2D eigenvalue weighted by Crippen LogP contribution is -2.14. The van der Waals surface area contributed by atoms with Crippen LogP contribution >= 0.6 is 27.3 Å². The summed E-state index contributed by atoms with van der Waals surface area (Å²) in [5.41, 5.74) is 0.540. The lowest BCUT2D eigenvalue weighted by Gasteiger charge is -2.15. The molecule has 12 heavy (non-hydrogen) atoms. The summed E-state index contributed by atoms with van der Waals surface area (Å²) >= 11 is 5.46. The summed E-state index contributed by atoms with van der Waals surface area (Å²) in [6.07, 6.45) is 5.78. The van der Waals surface area contributed by atoms with Crippen molar-refractivity contribution in [3.8, 4) is 0 Å². The second kappa shape index (κ2) is 3.11. The van der Waals surface area contributed by atoms with Crippen molar-refractivity contribution in [1.82, 2.24) is 4.98 Å². The van der Waals surface area contributed by atoms with Gasteiger partial charge in [0.1, 0.15) is 0 Å². The number of thiazole rings is 1. The van der Waals surface area contributed by atoms with E-state index in [4.69, 9.17) is 0 Å². The first kappa shape index (κ1) is 8.70. The average Bonchev–Trinajstić information content (AvgIpc) is 2.60. The van der Waals surface area contributed by atoms with Crippen LogP contribution in [0.2, 0.25) is 0 Å². The minimum absolute atomic E-state index is 0.540. The maximum absolute atomic E-state index is 4.32. The predicted molar refractivity (Wildman–Crippen MR) is 55.9 cm³/mol. The number of halogens is 1. The Bertz CT molecular complexity index is 252. The lowest BCUT2D eigenvalue weighted by molar-refractivity contribution is 0.507. The summed E-state index contributed by atoms with van der Waals surface area (Å²) in [4.78, 5) is 4.95. The van der Waals surface area contributed by atoms with E-state index in [0.717, 1.165) is 6.42 Å². The van der Waals surface area contributed by atoms with Gasteiger partial charge in [0, 0.05) is 22.8 Å².